The molecule has 1 atom stereocenters. The van der Waals surface area contributed by atoms with Crippen molar-refractivity contribution in [2.24, 2.45) is 5.92 Å². The predicted molar refractivity (Wildman–Crippen MR) is 97.5 cm³/mol. The molecule has 0 amide bonds. The normalized spacial score (nSPS) is 17.0. The Bertz CT molecular complexity index is 965. The van der Waals surface area contributed by atoms with Crippen LogP contribution < -0.4 is 10.6 Å². The Balaban J connectivity index is 1.85. The van der Waals surface area contributed by atoms with E-state index in [1.807, 2.05) is 18.2 Å². The Kier molecular flexibility index (Phi) is 3.71. The molecule has 0 saturated carbocycles. The van der Waals surface area contributed by atoms with E-state index in [4.69, 9.17) is 15.5 Å². The number of imidazole rings is 1. The van der Waals surface area contributed by atoms with E-state index in [1.54, 1.807) is 0 Å². The number of ether oxygens (including phenoxy) is 1. The molecule has 1 aromatic carbocycles. The summed E-state index contributed by atoms with van der Waals surface area (Å²) in [6.45, 7) is 6.34. The van der Waals surface area contributed by atoms with Crippen LogP contribution in [-0.4, -0.2) is 40.2 Å². The standard InChI is InChI=1S/C18H21N5O2/c1-11-9-22(7-8-25-12(2)24)18-21-15-16(23(18)10-11)13-5-3-4-6-14(13)20-17(15)19/h3-6,11H,7-10H2,1-2H3,(H2,19,20). The first-order chi connectivity index (χ1) is 12.0. The second kappa shape index (κ2) is 5.91. The third kappa shape index (κ3) is 2.65. The van der Waals surface area contributed by atoms with Gasteiger partial charge in [-0.3, -0.25) is 4.79 Å². The number of benzene rings is 1. The molecule has 2 N–H and O–H groups in total. The van der Waals surface area contributed by atoms with Gasteiger partial charge in [-0.1, -0.05) is 25.1 Å². The molecule has 1 unspecified atom stereocenters. The number of anilines is 2. The minimum Gasteiger partial charge on any atom is -0.464 e. The van der Waals surface area contributed by atoms with E-state index < -0.39 is 0 Å². The van der Waals surface area contributed by atoms with Crippen LogP contribution in [0.1, 0.15) is 13.8 Å². The van der Waals surface area contributed by atoms with Crippen molar-refractivity contribution in [3.8, 4) is 0 Å². The highest BCUT2D eigenvalue weighted by Gasteiger charge is 2.27. The number of hydrogen-bond donors (Lipinski definition) is 1. The first kappa shape index (κ1) is 15.7. The Morgan fingerprint density at radius 3 is 2.92 bits per heavy atom. The van der Waals surface area contributed by atoms with Crippen molar-refractivity contribution in [3.05, 3.63) is 24.3 Å². The summed E-state index contributed by atoms with van der Waals surface area (Å²) in [7, 11) is 0. The number of fused-ring (bicyclic) bond motifs is 5. The van der Waals surface area contributed by atoms with Gasteiger partial charge in [-0.2, -0.15) is 0 Å². The Labute approximate surface area is 145 Å². The Morgan fingerprint density at radius 1 is 1.32 bits per heavy atom. The molecule has 1 aliphatic heterocycles. The lowest BCUT2D eigenvalue weighted by molar-refractivity contribution is -0.140. The average molecular weight is 339 g/mol. The highest BCUT2D eigenvalue weighted by atomic mass is 16.5. The maximum Gasteiger partial charge on any atom is 0.302 e. The highest BCUT2D eigenvalue weighted by Crippen LogP contribution is 2.34. The quantitative estimate of drug-likeness (QED) is 0.736. The van der Waals surface area contributed by atoms with Gasteiger partial charge < -0.3 is 19.9 Å². The molecule has 3 heterocycles. The Hall–Kier alpha value is -2.83. The van der Waals surface area contributed by atoms with E-state index in [2.05, 4.69) is 27.4 Å². The second-order valence-corrected chi connectivity index (χ2v) is 6.63. The van der Waals surface area contributed by atoms with E-state index >= 15 is 0 Å². The third-order valence-corrected chi connectivity index (χ3v) is 4.57. The van der Waals surface area contributed by atoms with Gasteiger partial charge in [0.15, 0.2) is 5.82 Å². The average Bonchev–Trinajstić information content (AvgIpc) is 2.95. The van der Waals surface area contributed by atoms with Crippen molar-refractivity contribution in [2.45, 2.75) is 20.4 Å². The van der Waals surface area contributed by atoms with Crippen LogP contribution in [0.5, 0.6) is 0 Å². The summed E-state index contributed by atoms with van der Waals surface area (Å²) < 4.78 is 7.33. The second-order valence-electron chi connectivity index (χ2n) is 6.63. The molecule has 0 radical (unpaired) electrons. The summed E-state index contributed by atoms with van der Waals surface area (Å²) in [6.07, 6.45) is 0. The molecule has 3 aromatic rings. The molecule has 0 fully saturated rings. The van der Waals surface area contributed by atoms with Crippen molar-refractivity contribution in [2.75, 3.05) is 30.3 Å². The zero-order chi connectivity index (χ0) is 17.6. The predicted octanol–water partition coefficient (Wildman–Crippen LogP) is 2.19. The van der Waals surface area contributed by atoms with Gasteiger partial charge in [0.05, 0.1) is 17.6 Å². The van der Waals surface area contributed by atoms with Crippen molar-refractivity contribution in [1.82, 2.24) is 14.5 Å². The minimum atomic E-state index is -0.266. The maximum atomic E-state index is 11.0. The lowest BCUT2D eigenvalue weighted by atomic mass is 10.1. The molecule has 0 saturated heterocycles. The van der Waals surface area contributed by atoms with Crippen molar-refractivity contribution < 1.29 is 9.53 Å². The number of esters is 1. The fourth-order valence-corrected chi connectivity index (χ4v) is 3.58. The van der Waals surface area contributed by atoms with Crippen LogP contribution in [0.25, 0.3) is 21.9 Å². The van der Waals surface area contributed by atoms with Gasteiger partial charge in [0.25, 0.3) is 0 Å². The molecule has 130 valence electrons. The van der Waals surface area contributed by atoms with E-state index in [0.29, 0.717) is 24.9 Å². The molecule has 7 nitrogen and oxygen atoms in total. The maximum absolute atomic E-state index is 11.0. The largest absolute Gasteiger partial charge is 0.464 e. The zero-order valence-electron chi connectivity index (χ0n) is 14.4. The number of hydrogen-bond acceptors (Lipinski definition) is 6. The topological polar surface area (TPSA) is 86.3 Å². The third-order valence-electron chi connectivity index (χ3n) is 4.57. The van der Waals surface area contributed by atoms with Gasteiger partial charge >= 0.3 is 5.97 Å². The first-order valence-electron chi connectivity index (χ1n) is 8.47. The number of nitrogens with zero attached hydrogens (tertiary/aromatic N) is 4. The summed E-state index contributed by atoms with van der Waals surface area (Å²) in [5, 5.41) is 1.06. The van der Waals surface area contributed by atoms with Gasteiger partial charge in [-0.05, 0) is 12.0 Å². The van der Waals surface area contributed by atoms with Crippen LogP contribution in [-0.2, 0) is 16.1 Å². The van der Waals surface area contributed by atoms with Crippen molar-refractivity contribution in [1.29, 1.82) is 0 Å². The molecular weight excluding hydrogens is 318 g/mol. The van der Waals surface area contributed by atoms with Crippen LogP contribution in [0.4, 0.5) is 11.8 Å². The van der Waals surface area contributed by atoms with Crippen LogP contribution in [0, 0.1) is 5.92 Å². The van der Waals surface area contributed by atoms with Crippen LogP contribution in [0.3, 0.4) is 0 Å². The number of pyridine rings is 1. The van der Waals surface area contributed by atoms with Crippen LogP contribution in [0.15, 0.2) is 24.3 Å². The molecule has 1 aliphatic rings. The van der Waals surface area contributed by atoms with E-state index in [9.17, 15) is 4.79 Å². The summed E-state index contributed by atoms with van der Waals surface area (Å²) in [6, 6.07) is 7.99. The number of aromatic nitrogens is 3. The van der Waals surface area contributed by atoms with Gasteiger partial charge in [0.2, 0.25) is 5.95 Å². The number of nitrogens with two attached hydrogens (primary N) is 1. The van der Waals surface area contributed by atoms with Gasteiger partial charge in [-0.25, -0.2) is 9.97 Å². The number of nitrogen functional groups attached to an aromatic ring is 1. The molecular formula is C18H21N5O2. The summed E-state index contributed by atoms with van der Waals surface area (Å²) >= 11 is 0. The molecule has 4 rings (SSSR count). The Morgan fingerprint density at radius 2 is 2.12 bits per heavy atom. The summed E-state index contributed by atoms with van der Waals surface area (Å²) in [5.41, 5.74) is 8.82. The van der Waals surface area contributed by atoms with Gasteiger partial charge in [0, 0.05) is 25.4 Å². The highest BCUT2D eigenvalue weighted by molar-refractivity contribution is 6.07. The number of carbonyl (C=O) groups excluding carboxylic acids is 1. The fourth-order valence-electron chi connectivity index (χ4n) is 3.58. The van der Waals surface area contributed by atoms with Crippen molar-refractivity contribution >= 4 is 39.7 Å². The number of carbonyl (C=O) groups is 1. The fraction of sp³-hybridized carbons (Fsp3) is 0.389. The monoisotopic (exact) mass is 339 g/mol. The summed E-state index contributed by atoms with van der Waals surface area (Å²) in [5.74, 6) is 1.50. The van der Waals surface area contributed by atoms with Gasteiger partial charge in [-0.15, -0.1) is 0 Å². The lowest BCUT2D eigenvalue weighted by Gasteiger charge is -2.33. The van der Waals surface area contributed by atoms with E-state index in [1.165, 1.54) is 6.92 Å². The van der Waals surface area contributed by atoms with E-state index in [-0.39, 0.29) is 5.97 Å². The van der Waals surface area contributed by atoms with Gasteiger partial charge in [0.1, 0.15) is 12.1 Å². The summed E-state index contributed by atoms with van der Waals surface area (Å²) in [4.78, 5) is 22.5. The molecule has 0 aliphatic carbocycles. The SMILES string of the molecule is CC(=O)OCCN1CC(C)Cn2c1nc1c(N)nc3ccccc3c12. The smallest absolute Gasteiger partial charge is 0.302 e. The van der Waals surface area contributed by atoms with E-state index in [0.717, 1.165) is 41.0 Å². The lowest BCUT2D eigenvalue weighted by Crippen LogP contribution is -2.39. The van der Waals surface area contributed by atoms with Crippen LogP contribution >= 0.6 is 0 Å². The van der Waals surface area contributed by atoms with Crippen LogP contribution in [0.2, 0.25) is 0 Å². The number of para-hydroxylation sites is 1. The molecule has 0 spiro atoms. The van der Waals surface area contributed by atoms with Crippen molar-refractivity contribution in [3.63, 3.8) is 0 Å². The molecule has 7 heteroatoms. The molecule has 25 heavy (non-hydrogen) atoms. The number of rotatable bonds is 3. The first-order valence-corrected chi connectivity index (χ1v) is 8.47. The molecule has 0 bridgehead atoms. The molecule has 2 aromatic heterocycles. The minimum absolute atomic E-state index is 0.266. The zero-order valence-corrected chi connectivity index (χ0v) is 14.4.